The standard InChI is InChI=1S/C28H29N3O4/c1-17-14-18(2)27(35-5)22(15-17)25(32)23-24(19-9-11-21(12-10-19)30(3)4)31(28(34)26(23)33)16-20-8-6-7-13-29-20/h6-15,24,32H,16H2,1-5H3/b25-23+. The van der Waals surface area contributed by atoms with E-state index in [4.69, 9.17) is 4.74 Å². The maximum Gasteiger partial charge on any atom is 0.296 e. The van der Waals surface area contributed by atoms with Gasteiger partial charge in [0.1, 0.15) is 11.5 Å². The summed E-state index contributed by atoms with van der Waals surface area (Å²) in [5.41, 5.74) is 4.49. The molecular formula is C28H29N3O4. The second-order valence-electron chi connectivity index (χ2n) is 8.90. The maximum absolute atomic E-state index is 13.4. The normalized spacial score (nSPS) is 17.1. The molecule has 1 fully saturated rings. The van der Waals surface area contributed by atoms with Crippen LogP contribution in [0, 0.1) is 13.8 Å². The van der Waals surface area contributed by atoms with Crippen LogP contribution in [-0.4, -0.2) is 47.9 Å². The number of methoxy groups -OCH3 is 1. The fourth-order valence-corrected chi connectivity index (χ4v) is 4.56. The molecule has 1 aliphatic heterocycles. The van der Waals surface area contributed by atoms with E-state index < -0.39 is 17.7 Å². The first-order chi connectivity index (χ1) is 16.7. The minimum atomic E-state index is -0.779. The average Bonchev–Trinajstić information content (AvgIpc) is 3.08. The number of benzene rings is 2. The smallest absolute Gasteiger partial charge is 0.296 e. The topological polar surface area (TPSA) is 83.0 Å². The lowest BCUT2D eigenvalue weighted by Crippen LogP contribution is -2.29. The minimum Gasteiger partial charge on any atom is -0.507 e. The summed E-state index contributed by atoms with van der Waals surface area (Å²) in [6.07, 6.45) is 1.65. The number of nitrogens with zero attached hydrogens (tertiary/aromatic N) is 3. The van der Waals surface area contributed by atoms with Crippen LogP contribution in [0.2, 0.25) is 0 Å². The quantitative estimate of drug-likeness (QED) is 0.326. The van der Waals surface area contributed by atoms with Crippen molar-refractivity contribution in [3.63, 3.8) is 0 Å². The van der Waals surface area contributed by atoms with Crippen LogP contribution in [-0.2, 0) is 16.1 Å². The summed E-state index contributed by atoms with van der Waals surface area (Å²) in [7, 11) is 5.40. The minimum absolute atomic E-state index is 0.0341. The van der Waals surface area contributed by atoms with E-state index in [0.717, 1.165) is 22.4 Å². The number of aliphatic hydroxyl groups is 1. The summed E-state index contributed by atoms with van der Waals surface area (Å²) in [6.45, 7) is 3.91. The van der Waals surface area contributed by atoms with Crippen molar-refractivity contribution >= 4 is 23.1 Å². The number of ether oxygens (including phenoxy) is 1. The fraction of sp³-hybridized carbons (Fsp3) is 0.250. The molecule has 3 aromatic rings. The number of carbonyl (C=O) groups excluding carboxylic acids is 2. The van der Waals surface area contributed by atoms with Crippen molar-refractivity contribution in [3.05, 3.63) is 94.3 Å². The zero-order valence-electron chi connectivity index (χ0n) is 20.6. The Hall–Kier alpha value is -4.13. The first kappa shape index (κ1) is 24.0. The molecule has 0 aliphatic carbocycles. The first-order valence-corrected chi connectivity index (χ1v) is 11.3. The Morgan fingerprint density at radius 3 is 2.40 bits per heavy atom. The Bertz CT molecular complexity index is 1300. The van der Waals surface area contributed by atoms with Gasteiger partial charge in [0.15, 0.2) is 0 Å². The van der Waals surface area contributed by atoms with Crippen molar-refractivity contribution in [1.82, 2.24) is 9.88 Å². The number of hydrogen-bond donors (Lipinski definition) is 1. The van der Waals surface area contributed by atoms with E-state index in [1.165, 1.54) is 12.0 Å². The van der Waals surface area contributed by atoms with Crippen LogP contribution in [0.4, 0.5) is 5.69 Å². The molecule has 180 valence electrons. The third-order valence-corrected chi connectivity index (χ3v) is 6.20. The van der Waals surface area contributed by atoms with Gasteiger partial charge in [0.2, 0.25) is 0 Å². The Kier molecular flexibility index (Phi) is 6.60. The Morgan fingerprint density at radius 1 is 1.09 bits per heavy atom. The van der Waals surface area contributed by atoms with E-state index in [2.05, 4.69) is 4.98 Å². The summed E-state index contributed by atoms with van der Waals surface area (Å²) < 4.78 is 5.56. The van der Waals surface area contributed by atoms with Crippen molar-refractivity contribution in [2.45, 2.75) is 26.4 Å². The van der Waals surface area contributed by atoms with Gasteiger partial charge in [-0.25, -0.2) is 0 Å². The summed E-state index contributed by atoms with van der Waals surface area (Å²) >= 11 is 0. The molecule has 1 aromatic heterocycles. The van der Waals surface area contributed by atoms with E-state index in [-0.39, 0.29) is 17.9 Å². The SMILES string of the molecule is COc1c(C)cc(C)cc1/C(O)=C1\C(=O)C(=O)N(Cc2ccccn2)C1c1ccc(N(C)C)cc1. The molecule has 0 bridgehead atoms. The molecular weight excluding hydrogens is 442 g/mol. The monoisotopic (exact) mass is 471 g/mol. The number of hydrogen-bond acceptors (Lipinski definition) is 6. The Balaban J connectivity index is 1.92. The van der Waals surface area contributed by atoms with Gasteiger partial charge in [0.05, 0.1) is 36.5 Å². The molecule has 1 saturated heterocycles. The van der Waals surface area contributed by atoms with Crippen LogP contribution in [0.25, 0.3) is 5.76 Å². The molecule has 0 spiro atoms. The van der Waals surface area contributed by atoms with Crippen LogP contribution in [0.5, 0.6) is 5.75 Å². The number of Topliss-reactive ketones (excluding diaryl/α,β-unsaturated/α-hetero) is 1. The van der Waals surface area contributed by atoms with Crippen molar-refractivity contribution < 1.29 is 19.4 Å². The highest BCUT2D eigenvalue weighted by molar-refractivity contribution is 6.46. The largest absolute Gasteiger partial charge is 0.507 e. The van der Waals surface area contributed by atoms with Crippen molar-refractivity contribution in [2.75, 3.05) is 26.1 Å². The van der Waals surface area contributed by atoms with E-state index in [1.54, 1.807) is 24.4 Å². The van der Waals surface area contributed by atoms with E-state index in [1.807, 2.05) is 69.2 Å². The predicted octanol–water partition coefficient (Wildman–Crippen LogP) is 4.39. The van der Waals surface area contributed by atoms with Crippen molar-refractivity contribution in [3.8, 4) is 5.75 Å². The second-order valence-corrected chi connectivity index (χ2v) is 8.90. The van der Waals surface area contributed by atoms with Gasteiger partial charge in [-0.15, -0.1) is 0 Å². The van der Waals surface area contributed by atoms with Crippen LogP contribution in [0.15, 0.2) is 66.4 Å². The van der Waals surface area contributed by atoms with E-state index in [0.29, 0.717) is 17.0 Å². The molecule has 7 heteroatoms. The van der Waals surface area contributed by atoms with Crippen LogP contribution < -0.4 is 9.64 Å². The molecule has 0 saturated carbocycles. The van der Waals surface area contributed by atoms with E-state index in [9.17, 15) is 14.7 Å². The van der Waals surface area contributed by atoms with Gasteiger partial charge in [0, 0.05) is 26.0 Å². The number of likely N-dealkylation sites (tertiary alicyclic amines) is 1. The molecule has 1 unspecified atom stereocenters. The number of anilines is 1. The van der Waals surface area contributed by atoms with Gasteiger partial charge in [-0.05, 0) is 60.9 Å². The highest BCUT2D eigenvalue weighted by Crippen LogP contribution is 2.42. The van der Waals surface area contributed by atoms with Gasteiger partial charge in [-0.2, -0.15) is 0 Å². The maximum atomic E-state index is 13.4. The molecule has 0 radical (unpaired) electrons. The lowest BCUT2D eigenvalue weighted by Gasteiger charge is -2.26. The molecule has 1 aliphatic rings. The number of carbonyl (C=O) groups is 2. The molecule has 2 aromatic carbocycles. The van der Waals surface area contributed by atoms with Gasteiger partial charge < -0.3 is 19.6 Å². The fourth-order valence-electron chi connectivity index (χ4n) is 4.56. The van der Waals surface area contributed by atoms with Crippen molar-refractivity contribution in [1.29, 1.82) is 0 Å². The third-order valence-electron chi connectivity index (χ3n) is 6.20. The van der Waals surface area contributed by atoms with Crippen LogP contribution >= 0.6 is 0 Å². The Morgan fingerprint density at radius 2 is 1.80 bits per heavy atom. The van der Waals surface area contributed by atoms with Gasteiger partial charge in [0.25, 0.3) is 11.7 Å². The number of amides is 1. The molecule has 7 nitrogen and oxygen atoms in total. The van der Waals surface area contributed by atoms with E-state index >= 15 is 0 Å². The number of aryl methyl sites for hydroxylation is 2. The predicted molar refractivity (Wildman–Crippen MR) is 135 cm³/mol. The number of ketones is 1. The van der Waals surface area contributed by atoms with Crippen molar-refractivity contribution in [2.24, 2.45) is 0 Å². The number of aromatic nitrogens is 1. The summed E-state index contributed by atoms with van der Waals surface area (Å²) in [5.74, 6) is -1.20. The molecule has 35 heavy (non-hydrogen) atoms. The second kappa shape index (κ2) is 9.62. The highest BCUT2D eigenvalue weighted by atomic mass is 16.5. The first-order valence-electron chi connectivity index (χ1n) is 11.3. The Labute approximate surface area is 205 Å². The number of aliphatic hydroxyl groups excluding tert-OH is 1. The third kappa shape index (κ3) is 4.49. The number of rotatable bonds is 6. The average molecular weight is 472 g/mol. The molecule has 2 heterocycles. The summed E-state index contributed by atoms with van der Waals surface area (Å²) in [4.78, 5) is 34.4. The van der Waals surface area contributed by atoms with Gasteiger partial charge in [-0.3, -0.25) is 14.6 Å². The highest BCUT2D eigenvalue weighted by Gasteiger charge is 2.46. The zero-order valence-corrected chi connectivity index (χ0v) is 20.6. The summed E-state index contributed by atoms with van der Waals surface area (Å²) in [5, 5.41) is 11.5. The van der Waals surface area contributed by atoms with Gasteiger partial charge in [-0.1, -0.05) is 24.3 Å². The molecule has 1 atom stereocenters. The molecule has 1 N–H and O–H groups in total. The lowest BCUT2D eigenvalue weighted by atomic mass is 9.93. The zero-order chi connectivity index (χ0) is 25.3. The van der Waals surface area contributed by atoms with Crippen LogP contribution in [0.3, 0.4) is 0 Å². The van der Waals surface area contributed by atoms with Gasteiger partial charge >= 0.3 is 0 Å². The number of pyridine rings is 1. The van der Waals surface area contributed by atoms with Crippen LogP contribution in [0.1, 0.15) is 34.0 Å². The molecule has 1 amide bonds. The summed E-state index contributed by atoms with van der Waals surface area (Å²) in [6, 6.07) is 16.0. The lowest BCUT2D eigenvalue weighted by molar-refractivity contribution is -0.140. The molecule has 4 rings (SSSR count).